The van der Waals surface area contributed by atoms with Gasteiger partial charge in [-0.25, -0.2) is 14.0 Å². The van der Waals surface area contributed by atoms with Crippen molar-refractivity contribution in [2.75, 3.05) is 4.90 Å². The van der Waals surface area contributed by atoms with Gasteiger partial charge in [0.1, 0.15) is 12.4 Å². The van der Waals surface area contributed by atoms with E-state index in [0.717, 1.165) is 4.90 Å². The zero-order chi connectivity index (χ0) is 19.8. The van der Waals surface area contributed by atoms with E-state index in [1.54, 1.807) is 36.4 Å². The van der Waals surface area contributed by atoms with Gasteiger partial charge in [0.2, 0.25) is 0 Å². The van der Waals surface area contributed by atoms with Crippen LogP contribution in [0.3, 0.4) is 0 Å². The van der Waals surface area contributed by atoms with Crippen LogP contribution in [0.25, 0.3) is 11.3 Å². The van der Waals surface area contributed by atoms with E-state index in [1.165, 1.54) is 16.8 Å². The Hall–Kier alpha value is -3.79. The number of hydrogen-bond acceptors (Lipinski definition) is 4. The van der Waals surface area contributed by atoms with Gasteiger partial charge in [-0.15, -0.1) is 0 Å². The predicted octanol–water partition coefficient (Wildman–Crippen LogP) is 3.58. The summed E-state index contributed by atoms with van der Waals surface area (Å²) in [6, 6.07) is 14.5. The van der Waals surface area contributed by atoms with Gasteiger partial charge in [0.05, 0.1) is 22.9 Å². The van der Waals surface area contributed by atoms with Crippen molar-refractivity contribution in [2.45, 2.75) is 19.9 Å². The molecule has 7 heteroatoms. The molecule has 2 heterocycles. The molecule has 0 unspecified atom stereocenters. The van der Waals surface area contributed by atoms with Gasteiger partial charge in [-0.3, -0.25) is 9.59 Å². The molecule has 6 nitrogen and oxygen atoms in total. The van der Waals surface area contributed by atoms with Crippen molar-refractivity contribution in [1.82, 2.24) is 9.78 Å². The first-order valence-corrected chi connectivity index (χ1v) is 8.77. The van der Waals surface area contributed by atoms with E-state index in [-0.39, 0.29) is 18.2 Å². The fourth-order valence-corrected chi connectivity index (χ4v) is 3.49. The molecule has 2 aromatic carbocycles. The molecule has 0 spiro atoms. The Kier molecular flexibility index (Phi) is 4.24. The van der Waals surface area contributed by atoms with Gasteiger partial charge in [-0.1, -0.05) is 19.1 Å². The number of carbonyl (C=O) groups excluding carboxylic acids is 2. The highest BCUT2D eigenvalue weighted by molar-refractivity contribution is 6.34. The molecule has 0 saturated carbocycles. The summed E-state index contributed by atoms with van der Waals surface area (Å²) >= 11 is 0. The lowest BCUT2D eigenvalue weighted by molar-refractivity contribution is 0.0924. The van der Waals surface area contributed by atoms with Gasteiger partial charge in [0.15, 0.2) is 5.82 Å². The summed E-state index contributed by atoms with van der Waals surface area (Å²) in [7, 11) is 0. The average Bonchev–Trinajstić information content (AvgIpc) is 3.18. The highest BCUT2D eigenvalue weighted by atomic mass is 19.1. The number of carbonyl (C=O) groups is 2. The van der Waals surface area contributed by atoms with Crippen molar-refractivity contribution in [2.24, 2.45) is 0 Å². The van der Waals surface area contributed by atoms with E-state index < -0.39 is 11.8 Å². The fraction of sp³-hybridized carbons (Fsp3) is 0.143. The normalized spacial score (nSPS) is 13.0. The van der Waals surface area contributed by atoms with E-state index in [2.05, 4.69) is 5.10 Å². The molecule has 2 amide bonds. The van der Waals surface area contributed by atoms with Crippen molar-refractivity contribution in [1.29, 1.82) is 5.26 Å². The Bertz CT molecular complexity index is 1110. The summed E-state index contributed by atoms with van der Waals surface area (Å²) in [5.74, 6) is -1.05. The number of hydrogen-bond donors (Lipinski definition) is 0. The highest BCUT2D eigenvalue weighted by Crippen LogP contribution is 2.36. The molecule has 0 atom stereocenters. The van der Waals surface area contributed by atoms with Crippen LogP contribution < -0.4 is 4.90 Å². The number of amides is 2. The lowest BCUT2D eigenvalue weighted by atomic mass is 10.0. The molecule has 1 aliphatic heterocycles. The maximum atomic E-state index is 13.4. The Morgan fingerprint density at radius 3 is 2.18 bits per heavy atom. The second-order valence-corrected chi connectivity index (χ2v) is 6.32. The number of aromatic nitrogens is 2. The fourth-order valence-electron chi connectivity index (χ4n) is 3.49. The van der Waals surface area contributed by atoms with Crippen LogP contribution in [0.5, 0.6) is 0 Å². The lowest BCUT2D eigenvalue weighted by Crippen LogP contribution is -2.30. The Labute approximate surface area is 160 Å². The van der Waals surface area contributed by atoms with Crippen LogP contribution in [-0.2, 0) is 13.0 Å². The molecule has 0 aliphatic carbocycles. The average molecular weight is 374 g/mol. The van der Waals surface area contributed by atoms with Gasteiger partial charge >= 0.3 is 0 Å². The standard InChI is InChI=1S/C21H15FN4O2/c1-2-15-18(13-7-9-14(22)10-8-13)25(12-11-23)24-19(15)26-20(27)16-5-3-4-6-17(16)21(26)28/h3-10H,2,12H2,1H3. The molecule has 1 aromatic heterocycles. The Morgan fingerprint density at radius 2 is 1.64 bits per heavy atom. The highest BCUT2D eigenvalue weighted by Gasteiger charge is 2.39. The zero-order valence-corrected chi connectivity index (χ0v) is 15.0. The number of nitriles is 1. The second-order valence-electron chi connectivity index (χ2n) is 6.32. The quantitative estimate of drug-likeness (QED) is 0.654. The summed E-state index contributed by atoms with van der Waals surface area (Å²) in [6.07, 6.45) is 0.473. The molecular formula is C21H15FN4O2. The Morgan fingerprint density at radius 1 is 1.04 bits per heavy atom. The van der Waals surface area contributed by atoms with Crippen molar-refractivity contribution >= 4 is 17.6 Å². The van der Waals surface area contributed by atoms with Gasteiger partial charge < -0.3 is 0 Å². The van der Waals surface area contributed by atoms with E-state index in [9.17, 15) is 19.2 Å². The topological polar surface area (TPSA) is 79.0 Å². The minimum atomic E-state index is -0.442. The van der Waals surface area contributed by atoms with Crippen molar-refractivity contribution in [3.8, 4) is 17.3 Å². The monoisotopic (exact) mass is 374 g/mol. The SMILES string of the molecule is CCc1c(N2C(=O)c3ccccc3C2=O)nn(CC#N)c1-c1ccc(F)cc1. The molecule has 1 aliphatic rings. The van der Waals surface area contributed by atoms with Gasteiger partial charge in [-0.05, 0) is 42.8 Å². The van der Waals surface area contributed by atoms with Crippen LogP contribution in [0.15, 0.2) is 48.5 Å². The molecule has 138 valence electrons. The Balaban J connectivity index is 1.91. The molecule has 0 fully saturated rings. The minimum Gasteiger partial charge on any atom is -0.268 e. The van der Waals surface area contributed by atoms with Crippen LogP contribution in [-0.4, -0.2) is 21.6 Å². The number of anilines is 1. The third-order valence-corrected chi connectivity index (χ3v) is 4.73. The first kappa shape index (κ1) is 17.6. The minimum absolute atomic E-state index is 0.0666. The maximum absolute atomic E-state index is 13.4. The number of benzene rings is 2. The summed E-state index contributed by atoms with van der Waals surface area (Å²) in [6.45, 7) is 1.81. The first-order chi connectivity index (χ1) is 13.6. The van der Waals surface area contributed by atoms with E-state index in [1.807, 2.05) is 13.0 Å². The van der Waals surface area contributed by atoms with E-state index >= 15 is 0 Å². The summed E-state index contributed by atoms with van der Waals surface area (Å²) in [5.41, 5.74) is 2.55. The number of rotatable bonds is 4. The molecule has 0 radical (unpaired) electrons. The van der Waals surface area contributed by atoms with Crippen LogP contribution in [0, 0.1) is 17.1 Å². The number of halogens is 1. The first-order valence-electron chi connectivity index (χ1n) is 8.77. The number of nitrogens with zero attached hydrogens (tertiary/aromatic N) is 4. The van der Waals surface area contributed by atoms with Crippen LogP contribution >= 0.6 is 0 Å². The maximum Gasteiger partial charge on any atom is 0.267 e. The number of fused-ring (bicyclic) bond motifs is 1. The van der Waals surface area contributed by atoms with Gasteiger partial charge in [0, 0.05) is 11.1 Å². The molecule has 3 aromatic rings. The molecule has 4 rings (SSSR count). The summed E-state index contributed by atoms with van der Waals surface area (Å²) in [4.78, 5) is 26.8. The van der Waals surface area contributed by atoms with Gasteiger partial charge in [0.25, 0.3) is 11.8 Å². The predicted molar refractivity (Wildman–Crippen MR) is 100 cm³/mol. The molecule has 0 N–H and O–H groups in total. The lowest BCUT2D eigenvalue weighted by Gasteiger charge is -2.12. The van der Waals surface area contributed by atoms with Crippen molar-refractivity contribution < 1.29 is 14.0 Å². The third kappa shape index (κ3) is 2.58. The second kappa shape index (κ2) is 6.74. The molecule has 0 saturated heterocycles. The van der Waals surface area contributed by atoms with Crippen molar-refractivity contribution in [3.05, 3.63) is 71.0 Å². The smallest absolute Gasteiger partial charge is 0.267 e. The van der Waals surface area contributed by atoms with E-state index in [0.29, 0.717) is 34.4 Å². The molecule has 0 bridgehead atoms. The van der Waals surface area contributed by atoms with Crippen LogP contribution in [0.2, 0.25) is 0 Å². The van der Waals surface area contributed by atoms with Gasteiger partial charge in [-0.2, -0.15) is 10.4 Å². The van der Waals surface area contributed by atoms with E-state index in [4.69, 9.17) is 0 Å². The third-order valence-electron chi connectivity index (χ3n) is 4.73. The molecule has 28 heavy (non-hydrogen) atoms. The van der Waals surface area contributed by atoms with Crippen molar-refractivity contribution in [3.63, 3.8) is 0 Å². The van der Waals surface area contributed by atoms with Crippen LogP contribution in [0.4, 0.5) is 10.2 Å². The molecular weight excluding hydrogens is 359 g/mol. The summed E-state index contributed by atoms with van der Waals surface area (Å²) in [5, 5.41) is 13.6. The van der Waals surface area contributed by atoms with Crippen LogP contribution in [0.1, 0.15) is 33.2 Å². The zero-order valence-electron chi connectivity index (χ0n) is 15.0. The summed E-state index contributed by atoms with van der Waals surface area (Å²) < 4.78 is 14.8. The largest absolute Gasteiger partial charge is 0.268 e. The number of imide groups is 1.